The van der Waals surface area contributed by atoms with Crippen LogP contribution in [0.25, 0.3) is 0 Å². The largest absolute Gasteiger partial charge is 0.367 e. The van der Waals surface area contributed by atoms with Crippen molar-refractivity contribution < 1.29 is 0 Å². The smallest absolute Gasteiger partial charge is 0.144 e. The van der Waals surface area contributed by atoms with E-state index in [9.17, 15) is 0 Å². The van der Waals surface area contributed by atoms with E-state index in [4.69, 9.17) is 0 Å². The number of piperazine rings is 1. The van der Waals surface area contributed by atoms with Crippen molar-refractivity contribution in [2.75, 3.05) is 45.1 Å². The Morgan fingerprint density at radius 1 is 1.14 bits per heavy atom. The summed E-state index contributed by atoms with van der Waals surface area (Å²) in [6.45, 7) is 14.2. The van der Waals surface area contributed by atoms with Crippen LogP contribution in [0.2, 0.25) is 0 Å². The van der Waals surface area contributed by atoms with Gasteiger partial charge in [-0.15, -0.1) is 0 Å². The first kappa shape index (κ1) is 16.2. The van der Waals surface area contributed by atoms with Crippen molar-refractivity contribution in [1.82, 2.24) is 19.8 Å². The predicted molar refractivity (Wildman–Crippen MR) is 87.7 cm³/mol. The highest BCUT2D eigenvalue weighted by atomic mass is 15.3. The summed E-state index contributed by atoms with van der Waals surface area (Å²) in [5.41, 5.74) is 2.00. The van der Waals surface area contributed by atoms with Crippen LogP contribution in [0.15, 0.2) is 6.20 Å². The third-order valence-corrected chi connectivity index (χ3v) is 4.46. The molecular weight excluding hydrogens is 262 g/mol. The zero-order valence-electron chi connectivity index (χ0n) is 14.1. The van der Waals surface area contributed by atoms with Crippen LogP contribution in [0.3, 0.4) is 0 Å². The molecule has 0 spiro atoms. The lowest BCUT2D eigenvalue weighted by Gasteiger charge is -2.40. The van der Waals surface area contributed by atoms with Gasteiger partial charge in [0.15, 0.2) is 0 Å². The van der Waals surface area contributed by atoms with E-state index >= 15 is 0 Å². The van der Waals surface area contributed by atoms with E-state index in [1.807, 2.05) is 20.0 Å². The first-order valence-electron chi connectivity index (χ1n) is 7.94. The van der Waals surface area contributed by atoms with E-state index in [2.05, 4.69) is 46.0 Å². The molecule has 1 aromatic rings. The van der Waals surface area contributed by atoms with Gasteiger partial charge >= 0.3 is 0 Å². The monoisotopic (exact) mass is 291 g/mol. The average molecular weight is 291 g/mol. The van der Waals surface area contributed by atoms with E-state index in [0.29, 0.717) is 12.0 Å². The predicted octanol–water partition coefficient (Wildman–Crippen LogP) is 1.78. The van der Waals surface area contributed by atoms with Gasteiger partial charge in [0.25, 0.3) is 0 Å². The van der Waals surface area contributed by atoms with Gasteiger partial charge in [-0.2, -0.15) is 0 Å². The Hall–Kier alpha value is -1.20. The summed E-state index contributed by atoms with van der Waals surface area (Å²) >= 11 is 0. The van der Waals surface area contributed by atoms with Crippen molar-refractivity contribution in [1.29, 1.82) is 0 Å². The Balaban J connectivity index is 1.95. The Bertz CT molecular complexity index is 452. The Kier molecular flexibility index (Phi) is 5.53. The first-order valence-corrected chi connectivity index (χ1v) is 7.94. The number of rotatable bonds is 5. The number of hydrogen-bond donors (Lipinski definition) is 1. The van der Waals surface area contributed by atoms with Crippen LogP contribution in [-0.2, 0) is 0 Å². The minimum atomic E-state index is 0.544. The number of nitrogens with one attached hydrogen (secondary N) is 1. The second-order valence-corrected chi connectivity index (χ2v) is 6.46. The van der Waals surface area contributed by atoms with Crippen LogP contribution in [0, 0.1) is 19.8 Å². The van der Waals surface area contributed by atoms with Gasteiger partial charge < -0.3 is 10.2 Å². The lowest BCUT2D eigenvalue weighted by molar-refractivity contribution is 0.0944. The molecule has 0 saturated carbocycles. The second-order valence-electron chi connectivity index (χ2n) is 6.46. The van der Waals surface area contributed by atoms with Gasteiger partial charge in [0.1, 0.15) is 5.82 Å². The Morgan fingerprint density at radius 2 is 1.81 bits per heavy atom. The highest BCUT2D eigenvalue weighted by Gasteiger charge is 2.24. The summed E-state index contributed by atoms with van der Waals surface area (Å²) in [5.74, 6) is 1.51. The maximum Gasteiger partial charge on any atom is 0.144 e. The summed E-state index contributed by atoms with van der Waals surface area (Å²) in [6.07, 6.45) is 1.84. The molecule has 118 valence electrons. The molecule has 1 fully saturated rings. The standard InChI is InChI=1S/C16H29N5/c1-12(2)15(21-8-6-20(5)7-9-21)10-18-16-11-17-13(3)14(4)19-16/h11-12,15H,6-10H2,1-5H3,(H,18,19). The summed E-state index contributed by atoms with van der Waals surface area (Å²) in [6, 6.07) is 0.544. The van der Waals surface area contributed by atoms with E-state index in [1.54, 1.807) is 0 Å². The molecule has 1 aromatic heterocycles. The molecule has 1 aliphatic rings. The number of anilines is 1. The molecule has 2 rings (SSSR count). The highest BCUT2D eigenvalue weighted by molar-refractivity contribution is 5.33. The Morgan fingerprint density at radius 3 is 2.38 bits per heavy atom. The molecule has 1 unspecified atom stereocenters. The topological polar surface area (TPSA) is 44.3 Å². The van der Waals surface area contributed by atoms with Gasteiger partial charge in [0.05, 0.1) is 17.6 Å². The second kappa shape index (κ2) is 7.18. The van der Waals surface area contributed by atoms with E-state index in [1.165, 1.54) is 0 Å². The van der Waals surface area contributed by atoms with Crippen molar-refractivity contribution in [3.8, 4) is 0 Å². The summed E-state index contributed by atoms with van der Waals surface area (Å²) in [4.78, 5) is 13.9. The van der Waals surface area contributed by atoms with Gasteiger partial charge in [-0.3, -0.25) is 9.88 Å². The molecule has 1 saturated heterocycles. The summed E-state index contributed by atoms with van der Waals surface area (Å²) < 4.78 is 0. The van der Waals surface area contributed by atoms with E-state index in [-0.39, 0.29) is 0 Å². The fourth-order valence-corrected chi connectivity index (χ4v) is 2.78. The maximum atomic E-state index is 4.56. The van der Waals surface area contributed by atoms with Crippen LogP contribution < -0.4 is 5.32 Å². The fourth-order valence-electron chi connectivity index (χ4n) is 2.78. The van der Waals surface area contributed by atoms with Crippen LogP contribution in [0.5, 0.6) is 0 Å². The molecule has 5 heteroatoms. The molecule has 0 aromatic carbocycles. The van der Waals surface area contributed by atoms with Crippen LogP contribution in [-0.4, -0.2) is 65.6 Å². The van der Waals surface area contributed by atoms with Crippen molar-refractivity contribution in [2.24, 2.45) is 5.92 Å². The third kappa shape index (κ3) is 4.38. The molecule has 2 heterocycles. The maximum absolute atomic E-state index is 4.56. The Labute approximate surface area is 128 Å². The van der Waals surface area contributed by atoms with Crippen LogP contribution >= 0.6 is 0 Å². The van der Waals surface area contributed by atoms with Crippen LogP contribution in [0.4, 0.5) is 5.82 Å². The lowest BCUT2D eigenvalue weighted by atomic mass is 10.0. The number of likely N-dealkylation sites (N-methyl/N-ethyl adjacent to an activating group) is 1. The first-order chi connectivity index (χ1) is 9.97. The van der Waals surface area contributed by atoms with Gasteiger partial charge in [0.2, 0.25) is 0 Å². The molecule has 1 atom stereocenters. The highest BCUT2D eigenvalue weighted by Crippen LogP contribution is 2.15. The fraction of sp³-hybridized carbons (Fsp3) is 0.750. The van der Waals surface area contributed by atoms with Gasteiger partial charge in [0, 0.05) is 38.8 Å². The zero-order chi connectivity index (χ0) is 15.4. The molecular formula is C16H29N5. The molecule has 5 nitrogen and oxygen atoms in total. The summed E-state index contributed by atoms with van der Waals surface area (Å²) in [7, 11) is 2.20. The number of aryl methyl sites for hydroxylation is 2. The minimum Gasteiger partial charge on any atom is -0.367 e. The van der Waals surface area contributed by atoms with Crippen molar-refractivity contribution in [3.05, 3.63) is 17.6 Å². The van der Waals surface area contributed by atoms with E-state index < -0.39 is 0 Å². The van der Waals surface area contributed by atoms with Crippen molar-refractivity contribution in [3.63, 3.8) is 0 Å². The van der Waals surface area contributed by atoms with Gasteiger partial charge in [-0.25, -0.2) is 4.98 Å². The van der Waals surface area contributed by atoms with Gasteiger partial charge in [-0.05, 0) is 26.8 Å². The molecule has 0 aliphatic carbocycles. The number of hydrogen-bond acceptors (Lipinski definition) is 5. The molecule has 1 N–H and O–H groups in total. The zero-order valence-corrected chi connectivity index (χ0v) is 14.1. The minimum absolute atomic E-state index is 0.544. The van der Waals surface area contributed by atoms with Crippen molar-refractivity contribution in [2.45, 2.75) is 33.7 Å². The average Bonchev–Trinajstić information content (AvgIpc) is 2.44. The molecule has 0 bridgehead atoms. The summed E-state index contributed by atoms with van der Waals surface area (Å²) in [5, 5.41) is 3.47. The molecule has 1 aliphatic heterocycles. The number of aromatic nitrogens is 2. The third-order valence-electron chi connectivity index (χ3n) is 4.46. The molecule has 0 amide bonds. The number of nitrogens with zero attached hydrogens (tertiary/aromatic N) is 4. The molecule has 21 heavy (non-hydrogen) atoms. The molecule has 0 radical (unpaired) electrons. The quantitative estimate of drug-likeness (QED) is 0.896. The van der Waals surface area contributed by atoms with Crippen molar-refractivity contribution >= 4 is 5.82 Å². The van der Waals surface area contributed by atoms with E-state index in [0.717, 1.165) is 49.9 Å². The van der Waals surface area contributed by atoms with Gasteiger partial charge in [-0.1, -0.05) is 13.8 Å². The SMILES string of the molecule is Cc1ncc(NCC(C(C)C)N2CCN(C)CC2)nc1C. The lowest BCUT2D eigenvalue weighted by Crippen LogP contribution is -2.52. The normalized spacial score (nSPS) is 19.0. The van der Waals surface area contributed by atoms with Crippen LogP contribution in [0.1, 0.15) is 25.2 Å².